The van der Waals surface area contributed by atoms with Crippen molar-refractivity contribution in [1.82, 2.24) is 10.0 Å². The van der Waals surface area contributed by atoms with Crippen molar-refractivity contribution < 1.29 is 18.7 Å². The summed E-state index contributed by atoms with van der Waals surface area (Å²) >= 11 is 1.33. The van der Waals surface area contributed by atoms with E-state index < -0.39 is 0 Å². The third kappa shape index (κ3) is 8.57. The number of aryl methyl sites for hydroxylation is 5. The Bertz CT molecular complexity index is 2010. The molecule has 0 unspecified atom stereocenters. The summed E-state index contributed by atoms with van der Waals surface area (Å²) in [5, 5.41) is 3.02. The van der Waals surface area contributed by atoms with Crippen LogP contribution in [0.1, 0.15) is 76.9 Å². The Morgan fingerprint density at radius 3 is 1.69 bits per heavy atom. The van der Waals surface area contributed by atoms with E-state index in [2.05, 4.69) is 79.0 Å². The number of carbonyl (C=O) groups excluding carboxylic acids is 2. The second-order valence-electron chi connectivity index (χ2n) is 15.0. The lowest BCUT2D eigenvalue weighted by molar-refractivity contribution is -0.697. The van der Waals surface area contributed by atoms with Crippen molar-refractivity contribution in [3.63, 3.8) is 0 Å². The summed E-state index contributed by atoms with van der Waals surface area (Å²) in [5.74, 6) is 0.520. The molecule has 4 aliphatic rings. The Kier molecular flexibility index (Phi) is 11.4. The molecule has 2 amide bonds. The van der Waals surface area contributed by atoms with E-state index in [1.54, 1.807) is 0 Å². The fourth-order valence-corrected chi connectivity index (χ4v) is 9.25. The Labute approximate surface area is 324 Å². The first-order chi connectivity index (χ1) is 26.6. The first kappa shape index (κ1) is 36.1. The lowest BCUT2D eigenvalue weighted by Gasteiger charge is -2.37. The molecule has 0 spiro atoms. The van der Waals surface area contributed by atoms with Crippen molar-refractivity contribution in [1.29, 1.82) is 0 Å². The van der Waals surface area contributed by atoms with Gasteiger partial charge in [-0.15, -0.1) is 0 Å². The van der Waals surface area contributed by atoms with Crippen molar-refractivity contribution >= 4 is 59.4 Å². The Morgan fingerprint density at radius 1 is 0.648 bits per heavy atom. The molecular weight excluding hydrogens is 689 g/mol. The molecule has 2 N–H and O–H groups in total. The van der Waals surface area contributed by atoms with Crippen LogP contribution in [-0.2, 0) is 48.4 Å². The van der Waals surface area contributed by atoms with Crippen LogP contribution in [0.25, 0.3) is 24.3 Å². The fraction of sp³-hybridized carbons (Fsp3) is 0.378. The van der Waals surface area contributed by atoms with Crippen LogP contribution < -0.4 is 29.0 Å². The number of hydrogen-bond acceptors (Lipinski definition) is 5. The van der Waals surface area contributed by atoms with E-state index in [1.165, 1.54) is 109 Å². The average molecular weight is 741 g/mol. The third-order valence-corrected chi connectivity index (χ3v) is 11.9. The van der Waals surface area contributed by atoms with Gasteiger partial charge in [-0.25, -0.2) is 0 Å². The van der Waals surface area contributed by atoms with Gasteiger partial charge in [0.25, 0.3) is 5.91 Å². The topological polar surface area (TPSA) is 72.4 Å². The number of benzene rings is 2. The van der Waals surface area contributed by atoms with Gasteiger partial charge < -0.3 is 15.1 Å². The number of hydrogen-bond donors (Lipinski definition) is 2. The quantitative estimate of drug-likeness (QED) is 0.101. The van der Waals surface area contributed by atoms with Gasteiger partial charge in [0.2, 0.25) is 23.8 Å². The van der Waals surface area contributed by atoms with Crippen molar-refractivity contribution in [2.45, 2.75) is 70.9 Å². The number of aromatic nitrogens is 2. The molecule has 4 aromatic rings. The molecule has 0 radical (unpaired) electrons. The molecule has 0 saturated carbocycles. The molecule has 54 heavy (non-hydrogen) atoms. The minimum Gasteiger partial charge on any atom is -0.371 e. The maximum absolute atomic E-state index is 12.9. The minimum atomic E-state index is -0.0756. The maximum Gasteiger partial charge on any atom is 0.295 e. The molecule has 0 saturated heterocycles. The zero-order chi connectivity index (χ0) is 36.7. The molecule has 8 rings (SSSR count). The van der Waals surface area contributed by atoms with Gasteiger partial charge in [0.05, 0.1) is 6.42 Å². The largest absolute Gasteiger partial charge is 0.371 e. The monoisotopic (exact) mass is 740 g/mol. The molecule has 278 valence electrons. The summed E-state index contributed by atoms with van der Waals surface area (Å²) in [5.41, 5.74) is 13.4. The smallest absolute Gasteiger partial charge is 0.295 e. The van der Waals surface area contributed by atoms with E-state index in [0.29, 0.717) is 25.3 Å². The molecule has 9 heteroatoms. The van der Waals surface area contributed by atoms with Crippen LogP contribution in [-0.4, -0.2) is 50.3 Å². The van der Waals surface area contributed by atoms with E-state index in [0.717, 1.165) is 37.1 Å². The summed E-state index contributed by atoms with van der Waals surface area (Å²) in [6.45, 7) is 6.04. The first-order valence-corrected chi connectivity index (χ1v) is 20.9. The molecule has 0 fully saturated rings. The second kappa shape index (κ2) is 17.1. The SMILES string of the molecule is O=C(CC[n+]1ccccc1/C=C/c1cc2c3c(c1)CCCN3CCC2)NCCSNC(=O)C[n+]1ccccc1/C=C/c1cc2c3c(c1)CCCN3CCC2. The van der Waals surface area contributed by atoms with Gasteiger partial charge in [-0.1, -0.05) is 0 Å². The van der Waals surface area contributed by atoms with E-state index >= 15 is 0 Å². The summed E-state index contributed by atoms with van der Waals surface area (Å²) in [6, 6.07) is 21.6. The van der Waals surface area contributed by atoms with Gasteiger partial charge >= 0.3 is 0 Å². The van der Waals surface area contributed by atoms with Crippen LogP contribution >= 0.6 is 11.9 Å². The highest BCUT2D eigenvalue weighted by Gasteiger charge is 2.25. The van der Waals surface area contributed by atoms with Gasteiger partial charge in [0, 0.05) is 86.3 Å². The van der Waals surface area contributed by atoms with Crippen molar-refractivity contribution in [2.24, 2.45) is 0 Å². The Hall–Kier alpha value is -4.89. The summed E-state index contributed by atoms with van der Waals surface area (Å²) in [7, 11) is 0. The third-order valence-electron chi connectivity index (χ3n) is 11.2. The number of rotatable bonds is 13. The van der Waals surface area contributed by atoms with E-state index in [9.17, 15) is 9.59 Å². The highest BCUT2D eigenvalue weighted by atomic mass is 32.2. The predicted molar refractivity (Wildman–Crippen MR) is 220 cm³/mol. The second-order valence-corrected chi connectivity index (χ2v) is 15.9. The van der Waals surface area contributed by atoms with E-state index in [-0.39, 0.29) is 18.4 Å². The van der Waals surface area contributed by atoms with Crippen LogP contribution in [0.15, 0.2) is 73.1 Å². The van der Waals surface area contributed by atoms with Gasteiger partial charge in [0.15, 0.2) is 18.9 Å². The van der Waals surface area contributed by atoms with Crippen molar-refractivity contribution in [3.8, 4) is 0 Å². The average Bonchev–Trinajstić information content (AvgIpc) is 3.19. The number of pyridine rings is 2. The van der Waals surface area contributed by atoms with Gasteiger partial charge in [0.1, 0.15) is 0 Å². The lowest BCUT2D eigenvalue weighted by Crippen LogP contribution is -2.43. The summed E-state index contributed by atoms with van der Waals surface area (Å²) in [6.07, 6.45) is 22.6. The van der Waals surface area contributed by atoms with Crippen LogP contribution in [0.5, 0.6) is 0 Å². The van der Waals surface area contributed by atoms with Crippen LogP contribution in [0.2, 0.25) is 0 Å². The normalized spacial score (nSPS) is 16.0. The van der Waals surface area contributed by atoms with E-state index in [1.807, 2.05) is 47.3 Å². The highest BCUT2D eigenvalue weighted by molar-refractivity contribution is 7.97. The van der Waals surface area contributed by atoms with Crippen LogP contribution in [0.3, 0.4) is 0 Å². The number of nitrogens with one attached hydrogen (secondary N) is 2. The van der Waals surface area contributed by atoms with Gasteiger partial charge in [-0.2, -0.15) is 9.13 Å². The van der Waals surface area contributed by atoms with Crippen LogP contribution in [0, 0.1) is 0 Å². The molecule has 2 aromatic heterocycles. The standard InChI is InChI=1S/C45H50N6O2S/c52-42(19-27-48-21-3-1-13-40(48)17-15-34-29-36-9-5-23-49-24-6-10-37(30-34)44(36)49)46-20-28-54-47-43(53)33-51-22-4-2-14-41(51)18-16-35-31-38-11-7-25-50-26-8-12-39(32-35)45(38)50/h1-4,13-18,21-22,29-32H,5-12,19-20,23-28,33H2/p+2. The van der Waals surface area contributed by atoms with Crippen molar-refractivity contribution in [2.75, 3.05) is 48.3 Å². The molecule has 0 aliphatic carbocycles. The van der Waals surface area contributed by atoms with Gasteiger partial charge in [-0.05, 0) is 145 Å². The molecule has 0 bridgehead atoms. The van der Waals surface area contributed by atoms with Crippen LogP contribution in [0.4, 0.5) is 11.4 Å². The lowest BCUT2D eigenvalue weighted by atomic mass is 9.90. The summed E-state index contributed by atoms with van der Waals surface area (Å²) < 4.78 is 7.06. The molecule has 6 heterocycles. The highest BCUT2D eigenvalue weighted by Crippen LogP contribution is 2.37. The zero-order valence-electron chi connectivity index (χ0n) is 31.3. The Balaban J connectivity index is 0.780. The molecule has 2 aromatic carbocycles. The minimum absolute atomic E-state index is 0.00311. The number of carbonyl (C=O) groups is 2. The van der Waals surface area contributed by atoms with Gasteiger partial charge in [-0.3, -0.25) is 14.3 Å². The maximum atomic E-state index is 12.9. The number of anilines is 2. The first-order valence-electron chi connectivity index (χ1n) is 19.9. The summed E-state index contributed by atoms with van der Waals surface area (Å²) in [4.78, 5) is 30.8. The molecule has 0 atom stereocenters. The predicted octanol–water partition coefficient (Wildman–Crippen LogP) is 5.97. The molecule has 8 nitrogen and oxygen atoms in total. The molecular formula is C45H52N6O2S+2. The number of amides is 2. The molecule has 4 aliphatic heterocycles. The Morgan fingerprint density at radius 2 is 1.15 bits per heavy atom. The van der Waals surface area contributed by atoms with E-state index in [4.69, 9.17) is 0 Å². The van der Waals surface area contributed by atoms with Crippen molar-refractivity contribution in [3.05, 3.63) is 118 Å². The number of nitrogens with zero attached hydrogens (tertiary/aromatic N) is 4. The zero-order valence-corrected chi connectivity index (χ0v) is 32.1. The fourth-order valence-electron chi connectivity index (χ4n) is 8.72.